The molecule has 0 bridgehead atoms. The minimum absolute atomic E-state index is 0.0293. The van der Waals surface area contributed by atoms with Gasteiger partial charge in [0.05, 0.1) is 16.3 Å². The molecule has 112 valence electrons. The molecular weight excluding hydrogens is 368 g/mol. The number of nitrogens with two attached hydrogens (primary N) is 2. The minimum atomic E-state index is -3.95. The molecule has 2 rings (SSSR count). The van der Waals surface area contributed by atoms with Crippen LogP contribution in [0.1, 0.15) is 0 Å². The third-order valence-electron chi connectivity index (χ3n) is 2.62. The summed E-state index contributed by atoms with van der Waals surface area (Å²) in [5, 5.41) is 7.43. The van der Waals surface area contributed by atoms with Crippen molar-refractivity contribution in [2.24, 2.45) is 5.14 Å². The molecule has 0 aliphatic heterocycles. The molecule has 2 aromatic rings. The van der Waals surface area contributed by atoms with Crippen LogP contribution in [0.4, 0.5) is 25.8 Å². The van der Waals surface area contributed by atoms with Crippen LogP contribution in [0.3, 0.4) is 0 Å². The molecule has 0 atom stereocenters. The largest absolute Gasteiger partial charge is 0.397 e. The lowest BCUT2D eigenvalue weighted by Crippen LogP contribution is -2.13. The highest BCUT2D eigenvalue weighted by molar-refractivity contribution is 9.10. The monoisotopic (exact) mass is 377 g/mol. The zero-order valence-electron chi connectivity index (χ0n) is 10.4. The molecule has 0 saturated carbocycles. The number of hydrogen-bond donors (Lipinski definition) is 3. The van der Waals surface area contributed by atoms with Crippen LogP contribution in [-0.2, 0) is 10.0 Å². The van der Waals surface area contributed by atoms with Crippen LogP contribution in [-0.4, -0.2) is 8.42 Å². The highest BCUT2D eigenvalue weighted by Crippen LogP contribution is 2.30. The number of sulfonamides is 1. The van der Waals surface area contributed by atoms with Gasteiger partial charge in [-0.2, -0.15) is 0 Å². The van der Waals surface area contributed by atoms with Crippen molar-refractivity contribution < 1.29 is 17.2 Å². The first-order valence-corrected chi connectivity index (χ1v) is 7.86. The molecule has 9 heteroatoms. The number of nitrogens with one attached hydrogen (secondary N) is 1. The van der Waals surface area contributed by atoms with E-state index in [-0.39, 0.29) is 20.7 Å². The number of anilines is 3. The second-order valence-electron chi connectivity index (χ2n) is 4.16. The predicted octanol–water partition coefficient (Wildman–Crippen LogP) is 2.70. The van der Waals surface area contributed by atoms with E-state index in [1.165, 1.54) is 12.1 Å². The highest BCUT2D eigenvalue weighted by Gasteiger charge is 2.15. The second kappa shape index (κ2) is 5.58. The Kier molecular flexibility index (Phi) is 4.17. The van der Waals surface area contributed by atoms with E-state index < -0.39 is 27.3 Å². The van der Waals surface area contributed by atoms with Crippen molar-refractivity contribution in [3.63, 3.8) is 0 Å². The summed E-state index contributed by atoms with van der Waals surface area (Å²) in [5.74, 6) is -1.72. The van der Waals surface area contributed by atoms with Gasteiger partial charge in [0.15, 0.2) is 11.6 Å². The number of rotatable bonds is 3. The van der Waals surface area contributed by atoms with Gasteiger partial charge in [-0.3, -0.25) is 0 Å². The molecule has 0 heterocycles. The van der Waals surface area contributed by atoms with Crippen LogP contribution in [0.5, 0.6) is 0 Å². The van der Waals surface area contributed by atoms with Gasteiger partial charge in [-0.05, 0) is 30.3 Å². The first kappa shape index (κ1) is 15.7. The predicted molar refractivity (Wildman–Crippen MR) is 79.6 cm³/mol. The van der Waals surface area contributed by atoms with Gasteiger partial charge < -0.3 is 11.1 Å². The topological polar surface area (TPSA) is 98.2 Å². The standard InChI is InChI=1S/C12H10BrF2N3O2S/c13-6-3-8(14)12(9(15)4-6)18-11-5-7(21(17,19)20)1-2-10(11)16/h1-5,18H,16H2,(H2,17,19,20). The van der Waals surface area contributed by atoms with Gasteiger partial charge in [0.1, 0.15) is 5.69 Å². The first-order valence-electron chi connectivity index (χ1n) is 5.52. The molecule has 21 heavy (non-hydrogen) atoms. The van der Waals surface area contributed by atoms with Crippen molar-refractivity contribution in [2.45, 2.75) is 4.90 Å². The lowest BCUT2D eigenvalue weighted by molar-refractivity contribution is 0.589. The fourth-order valence-corrected chi connectivity index (χ4v) is 2.56. The fourth-order valence-electron chi connectivity index (χ4n) is 1.62. The van der Waals surface area contributed by atoms with E-state index in [4.69, 9.17) is 10.9 Å². The Hall–Kier alpha value is -1.71. The summed E-state index contributed by atoms with van der Waals surface area (Å²) < 4.78 is 50.3. The quantitative estimate of drug-likeness (QED) is 0.716. The van der Waals surface area contributed by atoms with E-state index in [0.29, 0.717) is 0 Å². The molecule has 0 aliphatic carbocycles. The second-order valence-corrected chi connectivity index (χ2v) is 6.64. The number of halogens is 3. The molecule has 0 unspecified atom stereocenters. The fraction of sp³-hybridized carbons (Fsp3) is 0. The number of benzene rings is 2. The Bertz CT molecular complexity index is 789. The zero-order valence-corrected chi connectivity index (χ0v) is 12.8. The van der Waals surface area contributed by atoms with Crippen molar-refractivity contribution in [3.05, 3.63) is 46.4 Å². The third-order valence-corrected chi connectivity index (χ3v) is 3.99. The van der Waals surface area contributed by atoms with Gasteiger partial charge >= 0.3 is 0 Å². The van der Waals surface area contributed by atoms with E-state index in [0.717, 1.165) is 18.2 Å². The molecule has 0 fully saturated rings. The minimum Gasteiger partial charge on any atom is -0.397 e. The highest BCUT2D eigenvalue weighted by atomic mass is 79.9. The average molecular weight is 378 g/mol. The Morgan fingerprint density at radius 3 is 2.19 bits per heavy atom. The van der Waals surface area contributed by atoms with E-state index in [9.17, 15) is 17.2 Å². The summed E-state index contributed by atoms with van der Waals surface area (Å²) in [6.07, 6.45) is 0. The van der Waals surface area contributed by atoms with Gasteiger partial charge in [-0.1, -0.05) is 15.9 Å². The third kappa shape index (κ3) is 3.49. The van der Waals surface area contributed by atoms with Crippen molar-refractivity contribution in [2.75, 3.05) is 11.1 Å². The van der Waals surface area contributed by atoms with Gasteiger partial charge in [0.2, 0.25) is 10.0 Å². The summed E-state index contributed by atoms with van der Waals surface area (Å²) in [7, 11) is -3.95. The van der Waals surface area contributed by atoms with Crippen molar-refractivity contribution >= 4 is 43.0 Å². The summed E-state index contributed by atoms with van der Waals surface area (Å²) in [5.41, 5.74) is 5.35. The summed E-state index contributed by atoms with van der Waals surface area (Å²) >= 11 is 2.96. The molecule has 0 amide bonds. The number of nitrogen functional groups attached to an aromatic ring is 1. The van der Waals surface area contributed by atoms with Crippen LogP contribution in [0.25, 0.3) is 0 Å². The zero-order chi connectivity index (χ0) is 15.8. The maximum Gasteiger partial charge on any atom is 0.238 e. The van der Waals surface area contributed by atoms with Crippen LogP contribution in [0.15, 0.2) is 39.7 Å². The SMILES string of the molecule is Nc1ccc(S(N)(=O)=O)cc1Nc1c(F)cc(Br)cc1F. The molecule has 0 spiro atoms. The molecular formula is C12H10BrF2N3O2S. The van der Waals surface area contributed by atoms with Crippen LogP contribution >= 0.6 is 15.9 Å². The average Bonchev–Trinajstić information content (AvgIpc) is 2.34. The maximum atomic E-state index is 13.7. The lowest BCUT2D eigenvalue weighted by Gasteiger charge is -2.12. The summed E-state index contributed by atoms with van der Waals surface area (Å²) in [6.45, 7) is 0. The molecule has 0 radical (unpaired) electrons. The van der Waals surface area contributed by atoms with Gasteiger partial charge in [0, 0.05) is 4.47 Å². The van der Waals surface area contributed by atoms with Crippen molar-refractivity contribution in [3.8, 4) is 0 Å². The lowest BCUT2D eigenvalue weighted by atomic mass is 10.2. The Morgan fingerprint density at radius 1 is 1.10 bits per heavy atom. The first-order chi connectivity index (χ1) is 9.68. The van der Waals surface area contributed by atoms with Gasteiger partial charge in [0.25, 0.3) is 0 Å². The van der Waals surface area contributed by atoms with Gasteiger partial charge in [-0.25, -0.2) is 22.3 Å². The smallest absolute Gasteiger partial charge is 0.238 e. The molecule has 0 saturated heterocycles. The normalized spacial score (nSPS) is 11.4. The maximum absolute atomic E-state index is 13.7. The summed E-state index contributed by atoms with van der Waals surface area (Å²) in [4.78, 5) is -0.225. The molecule has 0 aliphatic rings. The Morgan fingerprint density at radius 2 is 1.67 bits per heavy atom. The van der Waals surface area contributed by atoms with E-state index in [1.54, 1.807) is 0 Å². The Balaban J connectivity index is 2.50. The van der Waals surface area contributed by atoms with Crippen LogP contribution in [0, 0.1) is 11.6 Å². The molecule has 5 N–H and O–H groups in total. The van der Waals surface area contributed by atoms with Crippen LogP contribution < -0.4 is 16.2 Å². The molecule has 0 aromatic heterocycles. The van der Waals surface area contributed by atoms with Crippen molar-refractivity contribution in [1.29, 1.82) is 0 Å². The molecule has 2 aromatic carbocycles. The molecule has 5 nitrogen and oxygen atoms in total. The van der Waals surface area contributed by atoms with Crippen molar-refractivity contribution in [1.82, 2.24) is 0 Å². The summed E-state index contributed by atoms with van der Waals surface area (Å²) in [6, 6.07) is 5.70. The Labute approximate surface area is 128 Å². The number of primary sulfonamides is 1. The number of hydrogen-bond acceptors (Lipinski definition) is 4. The van der Waals surface area contributed by atoms with E-state index >= 15 is 0 Å². The van der Waals surface area contributed by atoms with Crippen LogP contribution in [0.2, 0.25) is 0 Å². The van der Waals surface area contributed by atoms with Gasteiger partial charge in [-0.15, -0.1) is 0 Å². The van der Waals surface area contributed by atoms with E-state index in [2.05, 4.69) is 21.2 Å². The van der Waals surface area contributed by atoms with E-state index in [1.807, 2.05) is 0 Å².